The summed E-state index contributed by atoms with van der Waals surface area (Å²) in [5.41, 5.74) is 4.10. The van der Waals surface area contributed by atoms with Crippen molar-refractivity contribution in [1.82, 2.24) is 19.6 Å². The van der Waals surface area contributed by atoms with E-state index in [4.69, 9.17) is 0 Å². The van der Waals surface area contributed by atoms with Crippen molar-refractivity contribution < 1.29 is 13.2 Å². The van der Waals surface area contributed by atoms with Crippen molar-refractivity contribution >= 4 is 16.7 Å². The average Bonchev–Trinajstić information content (AvgIpc) is 3.28. The van der Waals surface area contributed by atoms with E-state index in [1.54, 1.807) is 6.08 Å². The first-order chi connectivity index (χ1) is 13.9. The van der Waals surface area contributed by atoms with Crippen LogP contribution in [0.2, 0.25) is 0 Å². The standard InChI is InChI=1S/C22H21F3N4/c1-3-19(29-20-7-5-4-6-18(20)26-27-29)21-15(2)12-13-28(21)14-16-8-10-17(11-9-16)22(23,24)25/h3-8,10-13,16H,9,14H2,1-2H3/b19-3+. The summed E-state index contributed by atoms with van der Waals surface area (Å²) < 4.78 is 42.5. The van der Waals surface area contributed by atoms with Crippen LogP contribution in [0.1, 0.15) is 24.6 Å². The Bertz CT molecular complexity index is 1130. The zero-order valence-corrected chi connectivity index (χ0v) is 16.2. The van der Waals surface area contributed by atoms with E-state index in [0.717, 1.165) is 28.0 Å². The van der Waals surface area contributed by atoms with Gasteiger partial charge in [0, 0.05) is 12.7 Å². The van der Waals surface area contributed by atoms with Crippen molar-refractivity contribution in [3.63, 3.8) is 0 Å². The molecule has 0 aliphatic heterocycles. The van der Waals surface area contributed by atoms with E-state index in [2.05, 4.69) is 14.9 Å². The van der Waals surface area contributed by atoms with Crippen LogP contribution in [0, 0.1) is 12.8 Å². The molecule has 0 fully saturated rings. The molecule has 2 aromatic heterocycles. The van der Waals surface area contributed by atoms with E-state index >= 15 is 0 Å². The Balaban J connectivity index is 1.64. The van der Waals surface area contributed by atoms with Gasteiger partial charge >= 0.3 is 6.18 Å². The van der Waals surface area contributed by atoms with Crippen LogP contribution in [0.15, 0.2) is 66.4 Å². The second-order valence-corrected chi connectivity index (χ2v) is 7.18. The molecule has 1 aliphatic carbocycles. The minimum atomic E-state index is -4.29. The Morgan fingerprint density at radius 3 is 2.72 bits per heavy atom. The number of allylic oxidation sites excluding steroid dienone is 5. The van der Waals surface area contributed by atoms with Crippen molar-refractivity contribution in [3.05, 3.63) is 77.7 Å². The lowest BCUT2D eigenvalue weighted by atomic mass is 9.96. The molecule has 0 spiro atoms. The molecule has 1 aromatic carbocycles. The molecule has 1 unspecified atom stereocenters. The van der Waals surface area contributed by atoms with Crippen molar-refractivity contribution in [2.75, 3.05) is 0 Å². The smallest absolute Gasteiger partial charge is 0.345 e. The number of nitrogens with zero attached hydrogens (tertiary/aromatic N) is 4. The van der Waals surface area contributed by atoms with Crippen LogP contribution in [0.25, 0.3) is 16.7 Å². The van der Waals surface area contributed by atoms with Gasteiger partial charge in [-0.05, 0) is 49.9 Å². The van der Waals surface area contributed by atoms with Gasteiger partial charge in [0.15, 0.2) is 0 Å². The Labute approximate surface area is 166 Å². The summed E-state index contributed by atoms with van der Waals surface area (Å²) in [6.07, 6.45) is 4.15. The summed E-state index contributed by atoms with van der Waals surface area (Å²) >= 11 is 0. The van der Waals surface area contributed by atoms with Gasteiger partial charge in [0.25, 0.3) is 0 Å². The molecule has 0 saturated carbocycles. The summed E-state index contributed by atoms with van der Waals surface area (Å²) in [5.74, 6) is -0.00255. The Morgan fingerprint density at radius 1 is 1.24 bits per heavy atom. The SMILES string of the molecule is C/C=C(\c1c(C)ccn1CC1C=CC(C(F)(F)F)=CC1)n1nnc2ccccc21. The summed E-state index contributed by atoms with van der Waals surface area (Å²) in [6.45, 7) is 4.56. The highest BCUT2D eigenvalue weighted by atomic mass is 19.4. The minimum Gasteiger partial charge on any atom is -0.345 e. The number of alkyl halides is 3. The summed E-state index contributed by atoms with van der Waals surface area (Å²) in [7, 11) is 0. The van der Waals surface area contributed by atoms with Crippen molar-refractivity contribution in [3.8, 4) is 0 Å². The number of benzene rings is 1. The summed E-state index contributed by atoms with van der Waals surface area (Å²) in [4.78, 5) is 0. The predicted octanol–water partition coefficient (Wildman–Crippen LogP) is 5.52. The van der Waals surface area contributed by atoms with Gasteiger partial charge in [-0.25, -0.2) is 4.68 Å². The molecule has 29 heavy (non-hydrogen) atoms. The van der Waals surface area contributed by atoms with Gasteiger partial charge in [0.2, 0.25) is 0 Å². The molecule has 0 saturated heterocycles. The number of aromatic nitrogens is 4. The topological polar surface area (TPSA) is 35.6 Å². The number of halogens is 3. The number of aryl methyl sites for hydroxylation is 1. The van der Waals surface area contributed by atoms with Crippen LogP contribution in [0.3, 0.4) is 0 Å². The van der Waals surface area contributed by atoms with E-state index in [-0.39, 0.29) is 5.92 Å². The normalized spacial score (nSPS) is 17.8. The second kappa shape index (κ2) is 7.39. The number of rotatable bonds is 4. The predicted molar refractivity (Wildman–Crippen MR) is 107 cm³/mol. The van der Waals surface area contributed by atoms with Crippen LogP contribution in [-0.4, -0.2) is 25.7 Å². The zero-order chi connectivity index (χ0) is 20.6. The fourth-order valence-electron chi connectivity index (χ4n) is 3.75. The van der Waals surface area contributed by atoms with Gasteiger partial charge in [-0.2, -0.15) is 13.2 Å². The molecular weight excluding hydrogens is 377 g/mol. The van der Waals surface area contributed by atoms with E-state index < -0.39 is 11.7 Å². The van der Waals surface area contributed by atoms with Crippen LogP contribution in [-0.2, 0) is 6.54 Å². The van der Waals surface area contributed by atoms with Crippen molar-refractivity contribution in [2.45, 2.75) is 33.0 Å². The molecule has 3 aromatic rings. The quantitative estimate of drug-likeness (QED) is 0.581. The van der Waals surface area contributed by atoms with Gasteiger partial charge in [-0.3, -0.25) is 0 Å². The third-order valence-corrected chi connectivity index (χ3v) is 5.21. The maximum atomic E-state index is 12.9. The maximum Gasteiger partial charge on any atom is 0.416 e. The van der Waals surface area contributed by atoms with Gasteiger partial charge < -0.3 is 4.57 Å². The summed E-state index contributed by atoms with van der Waals surface area (Å²) in [5, 5.41) is 8.57. The van der Waals surface area contributed by atoms with Crippen LogP contribution >= 0.6 is 0 Å². The largest absolute Gasteiger partial charge is 0.416 e. The van der Waals surface area contributed by atoms with E-state index in [1.165, 1.54) is 12.2 Å². The third-order valence-electron chi connectivity index (χ3n) is 5.21. The highest BCUT2D eigenvalue weighted by Gasteiger charge is 2.33. The molecule has 0 bridgehead atoms. The van der Waals surface area contributed by atoms with E-state index in [0.29, 0.717) is 13.0 Å². The molecule has 4 nitrogen and oxygen atoms in total. The van der Waals surface area contributed by atoms with Crippen LogP contribution in [0.4, 0.5) is 13.2 Å². The molecule has 4 rings (SSSR count). The van der Waals surface area contributed by atoms with Gasteiger partial charge in [0.05, 0.1) is 22.5 Å². The van der Waals surface area contributed by atoms with E-state index in [9.17, 15) is 13.2 Å². The lowest BCUT2D eigenvalue weighted by molar-refractivity contribution is -0.0887. The molecule has 1 atom stereocenters. The Hall–Kier alpha value is -3.09. The number of hydrogen-bond donors (Lipinski definition) is 0. The molecule has 0 radical (unpaired) electrons. The Kier molecular flexibility index (Phi) is 4.90. The average molecular weight is 398 g/mol. The lowest BCUT2D eigenvalue weighted by Gasteiger charge is -2.21. The minimum absolute atomic E-state index is 0.00255. The van der Waals surface area contributed by atoms with Gasteiger partial charge in [-0.1, -0.05) is 41.7 Å². The molecule has 150 valence electrons. The summed E-state index contributed by atoms with van der Waals surface area (Å²) in [6, 6.07) is 9.76. The van der Waals surface area contributed by atoms with Crippen LogP contribution in [0.5, 0.6) is 0 Å². The Morgan fingerprint density at radius 2 is 2.03 bits per heavy atom. The number of para-hydroxylation sites is 1. The molecule has 0 N–H and O–H groups in total. The first-order valence-corrected chi connectivity index (χ1v) is 9.47. The lowest BCUT2D eigenvalue weighted by Crippen LogP contribution is -2.17. The molecule has 0 amide bonds. The molecular formula is C22H21F3N4. The molecule has 2 heterocycles. The van der Waals surface area contributed by atoms with E-state index in [1.807, 2.05) is 61.1 Å². The van der Waals surface area contributed by atoms with Gasteiger partial charge in [-0.15, -0.1) is 5.10 Å². The number of fused-ring (bicyclic) bond motifs is 1. The monoisotopic (exact) mass is 398 g/mol. The zero-order valence-electron chi connectivity index (χ0n) is 16.2. The van der Waals surface area contributed by atoms with Gasteiger partial charge in [0.1, 0.15) is 5.52 Å². The highest BCUT2D eigenvalue weighted by molar-refractivity contribution is 5.81. The van der Waals surface area contributed by atoms with Crippen LogP contribution < -0.4 is 0 Å². The fraction of sp³-hybridized carbons (Fsp3) is 0.273. The second-order valence-electron chi connectivity index (χ2n) is 7.18. The first kappa shape index (κ1) is 19.2. The number of hydrogen-bond acceptors (Lipinski definition) is 2. The maximum absolute atomic E-state index is 12.9. The highest BCUT2D eigenvalue weighted by Crippen LogP contribution is 2.32. The van der Waals surface area contributed by atoms with Crippen molar-refractivity contribution in [1.29, 1.82) is 0 Å². The fourth-order valence-corrected chi connectivity index (χ4v) is 3.75. The van der Waals surface area contributed by atoms with Crippen molar-refractivity contribution in [2.24, 2.45) is 5.92 Å². The first-order valence-electron chi connectivity index (χ1n) is 9.47. The molecule has 1 aliphatic rings. The third kappa shape index (κ3) is 3.64. The molecule has 7 heteroatoms.